The summed E-state index contributed by atoms with van der Waals surface area (Å²) in [4.78, 5) is 39.7. The van der Waals surface area contributed by atoms with Crippen molar-refractivity contribution in [3.05, 3.63) is 46.5 Å². The standard InChI is InChI=1S/C18H15N3O4/c22-17-16-10-5-6-11(9-10)19(16)18(23)20(17)14-7-8-15(21(24)25)13-4-2-1-3-12(13)14/h1-4,7-8,10-11,16H,5-6,9H2/t10?,11-,16?/m1/s1. The third kappa shape index (κ3) is 1.75. The quantitative estimate of drug-likeness (QED) is 0.479. The van der Waals surface area contributed by atoms with Crippen molar-refractivity contribution in [3.63, 3.8) is 0 Å². The van der Waals surface area contributed by atoms with E-state index in [4.69, 9.17) is 0 Å². The van der Waals surface area contributed by atoms with Gasteiger partial charge in [0.15, 0.2) is 0 Å². The highest BCUT2D eigenvalue weighted by atomic mass is 16.6. The number of imide groups is 1. The van der Waals surface area contributed by atoms with Gasteiger partial charge in [-0.1, -0.05) is 18.2 Å². The summed E-state index contributed by atoms with van der Waals surface area (Å²) in [6.45, 7) is 0. The Morgan fingerprint density at radius 3 is 2.52 bits per heavy atom. The van der Waals surface area contributed by atoms with Crippen molar-refractivity contribution in [2.24, 2.45) is 5.92 Å². The molecule has 0 spiro atoms. The number of benzene rings is 2. The van der Waals surface area contributed by atoms with E-state index in [1.54, 1.807) is 29.2 Å². The molecule has 2 saturated heterocycles. The van der Waals surface area contributed by atoms with E-state index < -0.39 is 4.92 Å². The molecule has 2 aromatic carbocycles. The smallest absolute Gasteiger partial charge is 0.309 e. The van der Waals surface area contributed by atoms with Crippen LogP contribution in [0, 0.1) is 16.0 Å². The molecule has 7 nitrogen and oxygen atoms in total. The summed E-state index contributed by atoms with van der Waals surface area (Å²) < 4.78 is 0. The molecule has 2 unspecified atom stereocenters. The number of fused-ring (bicyclic) bond motifs is 6. The van der Waals surface area contributed by atoms with E-state index in [9.17, 15) is 19.7 Å². The molecule has 0 N–H and O–H groups in total. The van der Waals surface area contributed by atoms with E-state index in [2.05, 4.69) is 0 Å². The number of carbonyl (C=O) groups is 2. The maximum atomic E-state index is 13.0. The lowest BCUT2D eigenvalue weighted by Crippen LogP contribution is -2.40. The first-order chi connectivity index (χ1) is 12.1. The Morgan fingerprint density at radius 1 is 1.04 bits per heavy atom. The molecule has 2 bridgehead atoms. The van der Waals surface area contributed by atoms with E-state index in [0.717, 1.165) is 19.3 Å². The Bertz CT molecular complexity index is 928. The average Bonchev–Trinajstić information content (AvgIpc) is 3.28. The molecule has 3 fully saturated rings. The summed E-state index contributed by atoms with van der Waals surface area (Å²) in [7, 11) is 0. The Morgan fingerprint density at radius 2 is 1.80 bits per heavy atom. The zero-order chi connectivity index (χ0) is 17.3. The summed E-state index contributed by atoms with van der Waals surface area (Å²) in [5, 5.41) is 12.3. The van der Waals surface area contributed by atoms with Gasteiger partial charge in [0.25, 0.3) is 11.6 Å². The predicted molar refractivity (Wildman–Crippen MR) is 90.2 cm³/mol. The number of carbonyl (C=O) groups excluding carboxylic acids is 2. The summed E-state index contributed by atoms with van der Waals surface area (Å²) in [6.07, 6.45) is 2.85. The van der Waals surface area contributed by atoms with Crippen LogP contribution in [0.2, 0.25) is 0 Å². The molecule has 0 aromatic heterocycles. The highest BCUT2D eigenvalue weighted by Crippen LogP contribution is 2.48. The number of hydrogen-bond donors (Lipinski definition) is 0. The summed E-state index contributed by atoms with van der Waals surface area (Å²) in [5.41, 5.74) is 0.406. The van der Waals surface area contributed by atoms with Crippen LogP contribution in [-0.2, 0) is 4.79 Å². The van der Waals surface area contributed by atoms with E-state index in [-0.39, 0.29) is 35.6 Å². The second-order valence-corrected chi connectivity index (χ2v) is 6.94. The van der Waals surface area contributed by atoms with E-state index in [1.807, 2.05) is 0 Å². The Balaban J connectivity index is 1.67. The van der Waals surface area contributed by atoms with Gasteiger partial charge in [-0.2, -0.15) is 0 Å². The van der Waals surface area contributed by atoms with Gasteiger partial charge < -0.3 is 4.90 Å². The normalized spacial score (nSPS) is 27.4. The average molecular weight is 337 g/mol. The van der Waals surface area contributed by atoms with Gasteiger partial charge in [-0.25, -0.2) is 9.69 Å². The molecule has 2 aromatic rings. The Labute approximate surface area is 143 Å². The lowest BCUT2D eigenvalue weighted by atomic mass is 9.99. The fourth-order valence-corrected chi connectivity index (χ4v) is 4.77. The maximum Gasteiger partial charge on any atom is 0.332 e. The summed E-state index contributed by atoms with van der Waals surface area (Å²) in [5.74, 6) is 0.0481. The summed E-state index contributed by atoms with van der Waals surface area (Å²) in [6, 6.07) is 9.22. The van der Waals surface area contributed by atoms with Crippen molar-refractivity contribution in [2.45, 2.75) is 31.3 Å². The number of nitro benzene ring substituents is 1. The molecule has 1 aliphatic carbocycles. The molecular formula is C18H15N3O4. The van der Waals surface area contributed by atoms with Crippen molar-refractivity contribution >= 4 is 34.1 Å². The molecule has 2 aliphatic heterocycles. The first-order valence-electron chi connectivity index (χ1n) is 8.40. The fourth-order valence-electron chi connectivity index (χ4n) is 4.77. The van der Waals surface area contributed by atoms with E-state index in [0.29, 0.717) is 16.5 Å². The van der Waals surface area contributed by atoms with Crippen LogP contribution < -0.4 is 4.90 Å². The van der Waals surface area contributed by atoms with Crippen molar-refractivity contribution < 1.29 is 14.5 Å². The number of non-ortho nitro benzene ring substituents is 1. The van der Waals surface area contributed by atoms with Crippen molar-refractivity contribution in [2.75, 3.05) is 4.90 Å². The van der Waals surface area contributed by atoms with Gasteiger partial charge in [-0.15, -0.1) is 0 Å². The Hall–Kier alpha value is -2.96. The fraction of sp³-hybridized carbons (Fsp3) is 0.333. The highest BCUT2D eigenvalue weighted by molar-refractivity contribution is 6.25. The molecule has 25 heavy (non-hydrogen) atoms. The second-order valence-electron chi connectivity index (χ2n) is 6.94. The Kier molecular flexibility index (Phi) is 2.75. The van der Waals surface area contributed by atoms with Crippen LogP contribution in [0.5, 0.6) is 0 Å². The number of nitrogens with zero attached hydrogens (tertiary/aromatic N) is 3. The van der Waals surface area contributed by atoms with Crippen LogP contribution in [0.4, 0.5) is 16.2 Å². The van der Waals surface area contributed by atoms with Crippen LogP contribution in [0.25, 0.3) is 10.8 Å². The van der Waals surface area contributed by atoms with Crippen molar-refractivity contribution in [3.8, 4) is 0 Å². The number of rotatable bonds is 2. The van der Waals surface area contributed by atoms with Crippen LogP contribution in [0.3, 0.4) is 0 Å². The first-order valence-corrected chi connectivity index (χ1v) is 8.40. The van der Waals surface area contributed by atoms with Crippen LogP contribution in [-0.4, -0.2) is 33.8 Å². The minimum Gasteiger partial charge on any atom is -0.309 e. The number of nitro groups is 1. The SMILES string of the molecule is O=C1C2C3CC[C@H](C3)N2C(=O)N1c1ccc([N+](=O)[O-])c2ccccc12. The van der Waals surface area contributed by atoms with Gasteiger partial charge in [0.2, 0.25) is 0 Å². The largest absolute Gasteiger partial charge is 0.332 e. The maximum absolute atomic E-state index is 13.0. The van der Waals surface area contributed by atoms with E-state index in [1.165, 1.54) is 17.0 Å². The molecule has 1 saturated carbocycles. The minimum atomic E-state index is -0.446. The van der Waals surface area contributed by atoms with Crippen molar-refractivity contribution in [1.29, 1.82) is 0 Å². The van der Waals surface area contributed by atoms with Crippen LogP contribution >= 0.6 is 0 Å². The molecule has 3 amide bonds. The van der Waals surface area contributed by atoms with Gasteiger partial charge in [-0.05, 0) is 37.3 Å². The number of hydrogen-bond acceptors (Lipinski definition) is 4. The number of urea groups is 1. The molecule has 3 aliphatic rings. The molecule has 0 radical (unpaired) electrons. The van der Waals surface area contributed by atoms with Gasteiger partial charge >= 0.3 is 6.03 Å². The zero-order valence-electron chi connectivity index (χ0n) is 13.3. The van der Waals surface area contributed by atoms with Crippen molar-refractivity contribution in [1.82, 2.24) is 4.90 Å². The van der Waals surface area contributed by atoms with Crippen LogP contribution in [0.15, 0.2) is 36.4 Å². The molecule has 2 heterocycles. The van der Waals surface area contributed by atoms with Gasteiger partial charge in [0.05, 0.1) is 16.0 Å². The molecular weight excluding hydrogens is 322 g/mol. The number of amides is 3. The number of piperidine rings is 1. The summed E-state index contributed by atoms with van der Waals surface area (Å²) >= 11 is 0. The van der Waals surface area contributed by atoms with Crippen LogP contribution in [0.1, 0.15) is 19.3 Å². The molecule has 3 atom stereocenters. The lowest BCUT2D eigenvalue weighted by Gasteiger charge is -2.25. The monoisotopic (exact) mass is 337 g/mol. The van der Waals surface area contributed by atoms with E-state index >= 15 is 0 Å². The topological polar surface area (TPSA) is 83.8 Å². The highest BCUT2D eigenvalue weighted by Gasteiger charge is 2.59. The predicted octanol–water partition coefficient (Wildman–Crippen LogP) is 3.07. The molecule has 126 valence electrons. The zero-order valence-corrected chi connectivity index (χ0v) is 13.3. The minimum absolute atomic E-state index is 0.0287. The third-order valence-electron chi connectivity index (χ3n) is 5.79. The second kappa shape index (κ2) is 4.78. The van der Waals surface area contributed by atoms with Gasteiger partial charge in [0, 0.05) is 17.5 Å². The molecule has 7 heteroatoms. The first kappa shape index (κ1) is 14.4. The lowest BCUT2D eigenvalue weighted by molar-refractivity contribution is -0.383. The number of anilines is 1. The van der Waals surface area contributed by atoms with Gasteiger partial charge in [-0.3, -0.25) is 14.9 Å². The molecule has 5 rings (SSSR count). The third-order valence-corrected chi connectivity index (χ3v) is 5.79. The van der Waals surface area contributed by atoms with Gasteiger partial charge in [0.1, 0.15) is 6.04 Å².